The van der Waals surface area contributed by atoms with Gasteiger partial charge in [-0.05, 0) is 49.1 Å². The number of hydrogen-bond donors (Lipinski definition) is 1. The van der Waals surface area contributed by atoms with E-state index in [0.29, 0.717) is 12.5 Å². The van der Waals surface area contributed by atoms with Crippen molar-refractivity contribution < 1.29 is 9.29 Å². The molecule has 9 heteroatoms. The molecule has 1 aliphatic heterocycles. The fourth-order valence-corrected chi connectivity index (χ4v) is 4.98. The summed E-state index contributed by atoms with van der Waals surface area (Å²) in [4.78, 5) is 16.1. The second-order valence-electron chi connectivity index (χ2n) is 7.55. The van der Waals surface area contributed by atoms with Crippen molar-refractivity contribution >= 4 is 34.3 Å². The Morgan fingerprint density at radius 2 is 1.90 bits per heavy atom. The summed E-state index contributed by atoms with van der Waals surface area (Å²) in [5.74, 6) is 2.07. The van der Waals surface area contributed by atoms with Crippen LogP contribution in [0, 0.1) is 0 Å². The second kappa shape index (κ2) is 10.3. The largest absolute Gasteiger partial charge is 0.593 e. The first-order chi connectivity index (χ1) is 15.1. The molecule has 1 unspecified atom stereocenters. The van der Waals surface area contributed by atoms with E-state index in [4.69, 9.17) is 9.72 Å². The third-order valence-electron chi connectivity index (χ3n) is 5.30. The van der Waals surface area contributed by atoms with Crippen molar-refractivity contribution in [3.63, 3.8) is 0 Å². The van der Waals surface area contributed by atoms with Crippen molar-refractivity contribution in [3.8, 4) is 5.75 Å². The molecule has 1 saturated heterocycles. The Labute approximate surface area is 190 Å². The molecule has 0 saturated carbocycles. The monoisotopic (exact) mass is 457 g/mol. The molecule has 164 valence electrons. The van der Waals surface area contributed by atoms with Crippen LogP contribution in [0.5, 0.6) is 5.75 Å². The molecule has 1 atom stereocenters. The van der Waals surface area contributed by atoms with Gasteiger partial charge in [-0.25, -0.2) is 19.7 Å². The van der Waals surface area contributed by atoms with Gasteiger partial charge < -0.3 is 14.2 Å². The van der Waals surface area contributed by atoms with E-state index in [1.807, 2.05) is 36.7 Å². The fraction of sp³-hybridized carbons (Fsp3) is 0.409. The van der Waals surface area contributed by atoms with Crippen LogP contribution in [-0.4, -0.2) is 38.8 Å². The fourth-order valence-electron chi connectivity index (χ4n) is 3.54. The molecule has 0 amide bonds. The van der Waals surface area contributed by atoms with Gasteiger partial charge in [-0.1, -0.05) is 6.92 Å². The molecule has 1 aliphatic rings. The minimum atomic E-state index is -1.08. The van der Waals surface area contributed by atoms with Crippen LogP contribution in [0.4, 0.5) is 11.6 Å². The molecule has 0 aliphatic carbocycles. The predicted octanol–water partition coefficient (Wildman–Crippen LogP) is 4.16. The Balaban J connectivity index is 1.27. The van der Waals surface area contributed by atoms with E-state index >= 15 is 0 Å². The van der Waals surface area contributed by atoms with Crippen molar-refractivity contribution in [2.75, 3.05) is 29.0 Å². The van der Waals surface area contributed by atoms with Crippen molar-refractivity contribution in [2.45, 2.75) is 38.7 Å². The molecule has 3 aromatic rings. The molecule has 0 bridgehead atoms. The standard InChI is InChI=1S/C22H27N5O2S2/c1-3-16-12-23-22(24-13-16)27-10-8-17(9-11-27)21-25-19(15-30-21)14-29-20-6-4-18(5-7-20)26-31(2)28/h4-7,12-13,15,17,26H,3,8-11,14H2,1-2H3. The molecule has 3 heterocycles. The van der Waals surface area contributed by atoms with Gasteiger partial charge in [0.25, 0.3) is 0 Å². The normalized spacial score (nSPS) is 15.6. The smallest absolute Gasteiger partial charge is 0.225 e. The molecule has 0 radical (unpaired) electrons. The first-order valence-electron chi connectivity index (χ1n) is 10.4. The number of benzene rings is 1. The first-order valence-corrected chi connectivity index (χ1v) is 12.9. The van der Waals surface area contributed by atoms with Crippen molar-refractivity contribution in [1.29, 1.82) is 0 Å². The number of aromatic nitrogens is 3. The lowest BCUT2D eigenvalue weighted by Gasteiger charge is -2.31. The van der Waals surface area contributed by atoms with Crippen LogP contribution in [-0.2, 0) is 24.4 Å². The predicted molar refractivity (Wildman–Crippen MR) is 126 cm³/mol. The molecule has 0 spiro atoms. The van der Waals surface area contributed by atoms with Crippen LogP contribution in [0.1, 0.15) is 41.9 Å². The number of anilines is 2. The molecule has 31 heavy (non-hydrogen) atoms. The maximum Gasteiger partial charge on any atom is 0.225 e. The Morgan fingerprint density at radius 1 is 1.19 bits per heavy atom. The minimum Gasteiger partial charge on any atom is -0.593 e. The highest BCUT2D eigenvalue weighted by Gasteiger charge is 2.24. The zero-order valence-corrected chi connectivity index (χ0v) is 19.4. The molecule has 4 rings (SSSR count). The zero-order chi connectivity index (χ0) is 21.6. The zero-order valence-electron chi connectivity index (χ0n) is 17.8. The average Bonchev–Trinajstić information content (AvgIpc) is 3.28. The van der Waals surface area contributed by atoms with E-state index < -0.39 is 11.4 Å². The van der Waals surface area contributed by atoms with Crippen LogP contribution in [0.3, 0.4) is 0 Å². The van der Waals surface area contributed by atoms with E-state index in [2.05, 4.69) is 31.9 Å². The van der Waals surface area contributed by atoms with Crippen LogP contribution >= 0.6 is 11.3 Å². The first kappa shape index (κ1) is 21.9. The van der Waals surface area contributed by atoms with Gasteiger partial charge in [0.2, 0.25) is 5.95 Å². The summed E-state index contributed by atoms with van der Waals surface area (Å²) in [5, 5.41) is 3.27. The van der Waals surface area contributed by atoms with Gasteiger partial charge >= 0.3 is 0 Å². The van der Waals surface area contributed by atoms with E-state index in [1.165, 1.54) is 10.6 Å². The number of rotatable bonds is 8. The number of nitrogens with zero attached hydrogens (tertiary/aromatic N) is 4. The lowest BCUT2D eigenvalue weighted by atomic mass is 9.98. The number of hydrogen-bond acceptors (Lipinski definition) is 8. The highest BCUT2D eigenvalue weighted by Crippen LogP contribution is 2.31. The van der Waals surface area contributed by atoms with Crippen LogP contribution in [0.2, 0.25) is 0 Å². The maximum absolute atomic E-state index is 11.2. The van der Waals surface area contributed by atoms with Gasteiger partial charge in [-0.3, -0.25) is 0 Å². The highest BCUT2D eigenvalue weighted by molar-refractivity contribution is 7.92. The molecule has 1 aromatic carbocycles. The van der Waals surface area contributed by atoms with Crippen molar-refractivity contribution in [3.05, 3.63) is 58.3 Å². The molecule has 7 nitrogen and oxygen atoms in total. The second-order valence-corrected chi connectivity index (χ2v) is 9.55. The Bertz CT molecular complexity index is 955. The molecule has 1 N–H and O–H groups in total. The number of ether oxygens (including phenoxy) is 1. The van der Waals surface area contributed by atoms with Gasteiger partial charge in [-0.15, -0.1) is 11.3 Å². The number of aryl methyl sites for hydroxylation is 1. The van der Waals surface area contributed by atoms with Crippen molar-refractivity contribution in [1.82, 2.24) is 15.0 Å². The summed E-state index contributed by atoms with van der Waals surface area (Å²) in [6.45, 7) is 4.45. The van der Waals surface area contributed by atoms with Gasteiger partial charge in [0.05, 0.1) is 27.8 Å². The Morgan fingerprint density at radius 3 is 2.55 bits per heavy atom. The molecular formula is C22H27N5O2S2. The topological polar surface area (TPSA) is 86.2 Å². The molecule has 2 aromatic heterocycles. The third-order valence-corrected chi connectivity index (χ3v) is 6.88. The highest BCUT2D eigenvalue weighted by atomic mass is 32.2. The van der Waals surface area contributed by atoms with Crippen LogP contribution in [0.15, 0.2) is 42.0 Å². The van der Waals surface area contributed by atoms with E-state index in [0.717, 1.165) is 55.4 Å². The van der Waals surface area contributed by atoms with Crippen molar-refractivity contribution in [2.24, 2.45) is 0 Å². The maximum atomic E-state index is 11.2. The average molecular weight is 458 g/mol. The summed E-state index contributed by atoms with van der Waals surface area (Å²) in [6, 6.07) is 7.45. The Kier molecular flexibility index (Phi) is 7.26. The van der Waals surface area contributed by atoms with Gasteiger partial charge in [0, 0.05) is 36.8 Å². The summed E-state index contributed by atoms with van der Waals surface area (Å²) < 4.78 is 19.9. The number of thiazole rings is 1. The molecule has 1 fully saturated rings. The minimum absolute atomic E-state index is 0.444. The Hall–Kier alpha value is -2.36. The summed E-state index contributed by atoms with van der Waals surface area (Å²) in [7, 11) is 0. The van der Waals surface area contributed by atoms with Gasteiger partial charge in [0.1, 0.15) is 18.6 Å². The quantitative estimate of drug-likeness (QED) is 0.508. The van der Waals surface area contributed by atoms with Gasteiger partial charge in [-0.2, -0.15) is 0 Å². The summed E-state index contributed by atoms with van der Waals surface area (Å²) in [5.41, 5.74) is 2.93. The third kappa shape index (κ3) is 5.87. The lowest BCUT2D eigenvalue weighted by molar-refractivity contribution is 0.301. The van der Waals surface area contributed by atoms with Crippen LogP contribution in [0.25, 0.3) is 0 Å². The van der Waals surface area contributed by atoms with E-state index in [9.17, 15) is 4.55 Å². The summed E-state index contributed by atoms with van der Waals surface area (Å²) >= 11 is 0.637. The lowest BCUT2D eigenvalue weighted by Crippen LogP contribution is -2.34. The molecular weight excluding hydrogens is 430 g/mol. The summed E-state index contributed by atoms with van der Waals surface area (Å²) in [6.07, 6.45) is 8.53. The SMILES string of the molecule is CCc1cnc(N2CCC(c3nc(COc4ccc(N[S+](C)[O-])cc4)cs3)CC2)nc1. The van der Waals surface area contributed by atoms with Gasteiger partial charge in [0.15, 0.2) is 0 Å². The van der Waals surface area contributed by atoms with Crippen LogP contribution < -0.4 is 14.4 Å². The van der Waals surface area contributed by atoms with E-state index in [1.54, 1.807) is 17.6 Å². The number of piperidine rings is 1. The number of nitrogens with one attached hydrogen (secondary N) is 1. The van der Waals surface area contributed by atoms with E-state index in [-0.39, 0.29) is 0 Å².